The number of ether oxygens (including phenoxy) is 1. The van der Waals surface area contributed by atoms with Gasteiger partial charge in [-0.3, -0.25) is 4.90 Å². The highest BCUT2D eigenvalue weighted by atomic mass is 32.1. The molecule has 1 amide bonds. The lowest BCUT2D eigenvalue weighted by Gasteiger charge is -2.19. The zero-order valence-corrected chi connectivity index (χ0v) is 13.4. The number of hydrogen-bond donors (Lipinski definition) is 0. The van der Waals surface area contributed by atoms with Crippen molar-refractivity contribution in [2.24, 2.45) is 0 Å². The molecule has 6 heteroatoms. The van der Waals surface area contributed by atoms with Crippen molar-refractivity contribution in [1.29, 1.82) is 5.26 Å². The Kier molecular flexibility index (Phi) is 5.50. The maximum atomic E-state index is 12.4. The molecule has 1 aromatic heterocycles. The molecule has 0 aliphatic rings. The number of hydrogen-bond acceptors (Lipinski definition) is 5. The molecule has 0 unspecified atom stereocenters. The van der Waals surface area contributed by atoms with Crippen LogP contribution in [0.3, 0.4) is 0 Å². The average molecular weight is 315 g/mol. The van der Waals surface area contributed by atoms with Gasteiger partial charge in [0, 0.05) is 6.54 Å². The van der Waals surface area contributed by atoms with E-state index < -0.39 is 6.09 Å². The Morgan fingerprint density at radius 3 is 2.77 bits per heavy atom. The Balaban J connectivity index is 2.13. The monoisotopic (exact) mass is 315 g/mol. The smallest absolute Gasteiger partial charge is 0.415 e. The molecular weight excluding hydrogens is 298 g/mol. The van der Waals surface area contributed by atoms with Gasteiger partial charge in [0.2, 0.25) is 0 Å². The highest BCUT2D eigenvalue weighted by molar-refractivity contribution is 7.10. The molecule has 22 heavy (non-hydrogen) atoms. The third kappa shape index (κ3) is 3.62. The van der Waals surface area contributed by atoms with Crippen molar-refractivity contribution in [2.45, 2.75) is 26.9 Å². The molecule has 0 fully saturated rings. The third-order valence-electron chi connectivity index (χ3n) is 3.07. The summed E-state index contributed by atoms with van der Waals surface area (Å²) in [5, 5.41) is 9.79. The number of amides is 1. The predicted octanol–water partition coefficient (Wildman–Crippen LogP) is 3.88. The van der Waals surface area contributed by atoms with E-state index in [2.05, 4.69) is 10.4 Å². The normalized spacial score (nSPS) is 10.0. The van der Waals surface area contributed by atoms with Crippen LogP contribution in [0.25, 0.3) is 0 Å². The number of nitriles is 1. The van der Waals surface area contributed by atoms with Gasteiger partial charge in [-0.1, -0.05) is 37.3 Å². The minimum atomic E-state index is -0.453. The number of anilines is 1. The van der Waals surface area contributed by atoms with Crippen molar-refractivity contribution in [3.05, 3.63) is 47.2 Å². The van der Waals surface area contributed by atoms with Gasteiger partial charge in [-0.25, -0.2) is 4.79 Å². The van der Waals surface area contributed by atoms with Crippen LogP contribution < -0.4 is 4.90 Å². The van der Waals surface area contributed by atoms with E-state index in [4.69, 9.17) is 4.74 Å². The second kappa shape index (κ2) is 7.57. The summed E-state index contributed by atoms with van der Waals surface area (Å²) >= 11 is 1.15. The van der Waals surface area contributed by atoms with Crippen molar-refractivity contribution in [3.63, 3.8) is 0 Å². The van der Waals surface area contributed by atoms with E-state index in [1.807, 2.05) is 37.3 Å². The predicted molar refractivity (Wildman–Crippen MR) is 85.8 cm³/mol. The Morgan fingerprint density at radius 1 is 1.41 bits per heavy atom. The molecule has 0 saturated heterocycles. The van der Waals surface area contributed by atoms with Crippen LogP contribution in [-0.4, -0.2) is 17.0 Å². The highest BCUT2D eigenvalue weighted by Crippen LogP contribution is 2.28. The topological polar surface area (TPSA) is 66.2 Å². The quantitative estimate of drug-likeness (QED) is 0.840. The summed E-state index contributed by atoms with van der Waals surface area (Å²) in [6, 6.07) is 11.6. The molecule has 0 atom stereocenters. The number of aromatic nitrogens is 1. The largest absolute Gasteiger partial charge is 0.444 e. The van der Waals surface area contributed by atoms with Gasteiger partial charge in [-0.05, 0) is 30.4 Å². The van der Waals surface area contributed by atoms with Gasteiger partial charge in [0.25, 0.3) is 0 Å². The van der Waals surface area contributed by atoms with Crippen LogP contribution in [0.5, 0.6) is 0 Å². The molecule has 0 N–H and O–H groups in total. The van der Waals surface area contributed by atoms with Crippen LogP contribution >= 0.6 is 11.5 Å². The van der Waals surface area contributed by atoms with Crippen LogP contribution in [0.15, 0.2) is 30.3 Å². The fourth-order valence-corrected chi connectivity index (χ4v) is 2.83. The van der Waals surface area contributed by atoms with E-state index in [0.717, 1.165) is 23.5 Å². The van der Waals surface area contributed by atoms with E-state index in [1.165, 1.54) is 4.90 Å². The maximum absolute atomic E-state index is 12.4. The van der Waals surface area contributed by atoms with Gasteiger partial charge in [-0.2, -0.15) is 9.64 Å². The van der Waals surface area contributed by atoms with Crippen LogP contribution in [-0.2, 0) is 11.3 Å². The highest BCUT2D eigenvalue weighted by Gasteiger charge is 2.23. The molecule has 0 spiro atoms. The maximum Gasteiger partial charge on any atom is 0.415 e. The number of aryl methyl sites for hydroxylation is 1. The van der Waals surface area contributed by atoms with Crippen molar-refractivity contribution < 1.29 is 9.53 Å². The van der Waals surface area contributed by atoms with E-state index in [-0.39, 0.29) is 6.61 Å². The van der Waals surface area contributed by atoms with Gasteiger partial charge in [0.15, 0.2) is 0 Å². The fourth-order valence-electron chi connectivity index (χ4n) is 1.97. The summed E-state index contributed by atoms with van der Waals surface area (Å²) in [4.78, 5) is 13.8. The third-order valence-corrected chi connectivity index (χ3v) is 4.04. The zero-order chi connectivity index (χ0) is 15.9. The standard InChI is InChI=1S/C16H17N3O2S/c1-3-9-19(15-14(10-17)12(2)18-22-15)16(20)21-11-13-7-5-4-6-8-13/h4-8H,3,9,11H2,1-2H3. The first-order valence-corrected chi connectivity index (χ1v) is 7.79. The molecule has 114 valence electrons. The van der Waals surface area contributed by atoms with E-state index in [0.29, 0.717) is 22.8 Å². The van der Waals surface area contributed by atoms with Crippen molar-refractivity contribution >= 4 is 22.6 Å². The molecule has 0 aliphatic heterocycles. The number of rotatable bonds is 5. The van der Waals surface area contributed by atoms with E-state index >= 15 is 0 Å². The number of carbonyl (C=O) groups is 1. The van der Waals surface area contributed by atoms with Gasteiger partial charge < -0.3 is 4.74 Å². The minimum Gasteiger partial charge on any atom is -0.444 e. The Labute approximate surface area is 133 Å². The van der Waals surface area contributed by atoms with Gasteiger partial charge in [0.1, 0.15) is 23.2 Å². The molecule has 1 heterocycles. The summed E-state index contributed by atoms with van der Waals surface area (Å²) in [5.74, 6) is 0. The molecule has 0 bridgehead atoms. The van der Waals surface area contributed by atoms with Gasteiger partial charge in [0.05, 0.1) is 5.69 Å². The molecule has 0 aliphatic carbocycles. The minimum absolute atomic E-state index is 0.208. The molecule has 1 aromatic carbocycles. The van der Waals surface area contributed by atoms with Gasteiger partial charge >= 0.3 is 6.09 Å². The van der Waals surface area contributed by atoms with Crippen molar-refractivity contribution in [1.82, 2.24) is 4.37 Å². The summed E-state index contributed by atoms with van der Waals surface area (Å²) < 4.78 is 9.52. The van der Waals surface area contributed by atoms with Crippen molar-refractivity contribution in [2.75, 3.05) is 11.4 Å². The second-order valence-corrected chi connectivity index (χ2v) is 5.50. The van der Waals surface area contributed by atoms with Gasteiger partial charge in [-0.15, -0.1) is 0 Å². The lowest BCUT2D eigenvalue weighted by molar-refractivity contribution is 0.147. The number of carbonyl (C=O) groups excluding carboxylic acids is 1. The summed E-state index contributed by atoms with van der Waals surface area (Å²) in [6.45, 7) is 4.43. The number of nitrogens with zero attached hydrogens (tertiary/aromatic N) is 3. The number of benzene rings is 1. The lowest BCUT2D eigenvalue weighted by Crippen LogP contribution is -2.32. The first-order chi connectivity index (χ1) is 10.7. The summed E-state index contributed by atoms with van der Waals surface area (Å²) in [6.07, 6.45) is 0.313. The van der Waals surface area contributed by atoms with E-state index in [1.54, 1.807) is 6.92 Å². The average Bonchev–Trinajstić information content (AvgIpc) is 2.91. The SMILES string of the molecule is CCCN(C(=O)OCc1ccccc1)c1snc(C)c1C#N. The molecule has 2 aromatic rings. The van der Waals surface area contributed by atoms with E-state index in [9.17, 15) is 10.1 Å². The van der Waals surface area contributed by atoms with Crippen LogP contribution in [0, 0.1) is 18.3 Å². The molecule has 2 rings (SSSR count). The molecule has 5 nitrogen and oxygen atoms in total. The van der Waals surface area contributed by atoms with Crippen LogP contribution in [0.1, 0.15) is 30.2 Å². The van der Waals surface area contributed by atoms with Crippen LogP contribution in [0.2, 0.25) is 0 Å². The molecular formula is C16H17N3O2S. The summed E-state index contributed by atoms with van der Waals surface area (Å²) in [5.41, 5.74) is 2.00. The Morgan fingerprint density at radius 2 is 2.14 bits per heavy atom. The fraction of sp³-hybridized carbons (Fsp3) is 0.312. The first kappa shape index (κ1) is 16.0. The molecule has 0 radical (unpaired) electrons. The first-order valence-electron chi connectivity index (χ1n) is 7.02. The molecule has 0 saturated carbocycles. The second-order valence-electron chi connectivity index (χ2n) is 4.75. The Hall–Kier alpha value is -2.39. The Bertz CT molecular complexity index is 676. The lowest BCUT2D eigenvalue weighted by atomic mass is 10.2. The van der Waals surface area contributed by atoms with Crippen molar-refractivity contribution in [3.8, 4) is 6.07 Å². The zero-order valence-electron chi connectivity index (χ0n) is 12.6. The van der Waals surface area contributed by atoms with Crippen LogP contribution in [0.4, 0.5) is 9.80 Å². The summed E-state index contributed by atoms with van der Waals surface area (Å²) in [7, 11) is 0.